The maximum absolute atomic E-state index is 6.19. The summed E-state index contributed by atoms with van der Waals surface area (Å²) in [7, 11) is 0. The summed E-state index contributed by atoms with van der Waals surface area (Å²) in [6.45, 7) is 2.13. The van der Waals surface area contributed by atoms with E-state index in [9.17, 15) is 0 Å². The van der Waals surface area contributed by atoms with Crippen LogP contribution >= 0.6 is 11.6 Å². The van der Waals surface area contributed by atoms with Gasteiger partial charge in [0.05, 0.1) is 16.2 Å². The van der Waals surface area contributed by atoms with Crippen LogP contribution in [-0.2, 0) is 5.54 Å². The van der Waals surface area contributed by atoms with E-state index in [0.29, 0.717) is 16.5 Å². The molecular weight excluding hydrogens is 238 g/mol. The molecule has 5 nitrogen and oxygen atoms in total. The third kappa shape index (κ3) is 1.58. The van der Waals surface area contributed by atoms with E-state index in [2.05, 4.69) is 22.4 Å². The van der Waals surface area contributed by atoms with E-state index in [4.69, 9.17) is 17.3 Å². The summed E-state index contributed by atoms with van der Waals surface area (Å²) in [4.78, 5) is 0. The Morgan fingerprint density at radius 2 is 2.18 bits per heavy atom. The maximum atomic E-state index is 6.19. The molecule has 0 aliphatic heterocycles. The highest BCUT2D eigenvalue weighted by Crippen LogP contribution is 2.44. The molecule has 17 heavy (non-hydrogen) atoms. The lowest BCUT2D eigenvalue weighted by molar-refractivity contribution is 0.463. The molecule has 0 spiro atoms. The largest absolute Gasteiger partial charge is 0.398 e. The monoisotopic (exact) mass is 249 g/mol. The lowest BCUT2D eigenvalue weighted by atomic mass is 10.1. The Morgan fingerprint density at radius 1 is 1.41 bits per heavy atom. The zero-order valence-electron chi connectivity index (χ0n) is 9.39. The summed E-state index contributed by atoms with van der Waals surface area (Å²) in [5.41, 5.74) is 7.15. The van der Waals surface area contributed by atoms with E-state index in [1.165, 1.54) is 0 Å². The van der Waals surface area contributed by atoms with Crippen molar-refractivity contribution in [2.45, 2.75) is 25.3 Å². The maximum Gasteiger partial charge on any atom is 0.184 e. The quantitative estimate of drug-likeness (QED) is 0.828. The first-order chi connectivity index (χ1) is 8.12. The third-order valence-electron chi connectivity index (χ3n) is 3.22. The summed E-state index contributed by atoms with van der Waals surface area (Å²) >= 11 is 6.19. The van der Waals surface area contributed by atoms with E-state index in [-0.39, 0.29) is 5.54 Å². The molecule has 2 aromatic rings. The topological polar surface area (TPSA) is 69.6 Å². The van der Waals surface area contributed by atoms with E-state index >= 15 is 0 Å². The van der Waals surface area contributed by atoms with Crippen LogP contribution in [-0.4, -0.2) is 20.2 Å². The Bertz CT molecular complexity index is 573. The smallest absolute Gasteiger partial charge is 0.184 e. The second-order valence-corrected chi connectivity index (χ2v) is 5.00. The number of hydrogen-bond acceptors (Lipinski definition) is 4. The predicted octanol–water partition coefficient (Wildman–Crippen LogP) is 2.08. The molecule has 1 aliphatic rings. The Balaban J connectivity index is 2.16. The lowest BCUT2D eigenvalue weighted by Crippen LogP contribution is -2.15. The van der Waals surface area contributed by atoms with Crippen molar-refractivity contribution in [1.82, 2.24) is 20.2 Å². The molecule has 6 heteroatoms. The van der Waals surface area contributed by atoms with Gasteiger partial charge in [0.15, 0.2) is 5.82 Å². The van der Waals surface area contributed by atoms with E-state index in [1.54, 1.807) is 6.07 Å². The summed E-state index contributed by atoms with van der Waals surface area (Å²) in [6, 6.07) is 5.50. The number of halogens is 1. The van der Waals surface area contributed by atoms with Gasteiger partial charge in [-0.05, 0) is 42.3 Å². The van der Waals surface area contributed by atoms with Gasteiger partial charge in [0, 0.05) is 5.56 Å². The zero-order valence-corrected chi connectivity index (χ0v) is 10.1. The number of nitrogen functional groups attached to an aromatic ring is 1. The van der Waals surface area contributed by atoms with Crippen LogP contribution in [0.3, 0.4) is 0 Å². The number of rotatable bonds is 2. The average molecular weight is 250 g/mol. The van der Waals surface area contributed by atoms with Crippen LogP contribution in [0.4, 0.5) is 5.69 Å². The zero-order chi connectivity index (χ0) is 12.0. The molecule has 1 heterocycles. The third-order valence-corrected chi connectivity index (χ3v) is 3.65. The molecule has 0 bridgehead atoms. The van der Waals surface area contributed by atoms with Crippen molar-refractivity contribution in [3.05, 3.63) is 23.2 Å². The number of tetrazole rings is 1. The van der Waals surface area contributed by atoms with Crippen LogP contribution in [0.15, 0.2) is 18.2 Å². The summed E-state index contributed by atoms with van der Waals surface area (Å²) in [5.74, 6) is 0.683. The fourth-order valence-electron chi connectivity index (χ4n) is 1.83. The molecule has 88 valence electrons. The minimum atomic E-state index is 0.0345. The first-order valence-corrected chi connectivity index (χ1v) is 5.83. The summed E-state index contributed by atoms with van der Waals surface area (Å²) < 4.78 is 1.84. The van der Waals surface area contributed by atoms with Gasteiger partial charge in [0.1, 0.15) is 0 Å². The van der Waals surface area contributed by atoms with Gasteiger partial charge in [0.2, 0.25) is 0 Å². The molecule has 1 fully saturated rings. The molecule has 1 saturated carbocycles. The van der Waals surface area contributed by atoms with E-state index < -0.39 is 0 Å². The number of hydrogen-bond donors (Lipinski definition) is 1. The molecule has 1 aliphatic carbocycles. The summed E-state index contributed by atoms with van der Waals surface area (Å²) in [5, 5.41) is 12.4. The number of anilines is 1. The highest BCUT2D eigenvalue weighted by atomic mass is 35.5. The van der Waals surface area contributed by atoms with Crippen LogP contribution in [0, 0.1) is 0 Å². The molecule has 0 unspecified atom stereocenters. The van der Waals surface area contributed by atoms with Crippen LogP contribution in [0.2, 0.25) is 5.02 Å². The SMILES string of the molecule is CC1(n2nnnc2-c2cccc(N)c2Cl)CC1. The van der Waals surface area contributed by atoms with Gasteiger partial charge in [-0.3, -0.25) is 0 Å². The molecule has 0 amide bonds. The normalized spacial score (nSPS) is 17.1. The van der Waals surface area contributed by atoms with Gasteiger partial charge >= 0.3 is 0 Å². The molecule has 1 aromatic carbocycles. The lowest BCUT2D eigenvalue weighted by Gasteiger charge is -2.12. The molecule has 0 saturated heterocycles. The van der Waals surface area contributed by atoms with Crippen molar-refractivity contribution >= 4 is 17.3 Å². The van der Waals surface area contributed by atoms with Crippen LogP contribution in [0.1, 0.15) is 19.8 Å². The van der Waals surface area contributed by atoms with Crippen molar-refractivity contribution in [2.24, 2.45) is 0 Å². The highest BCUT2D eigenvalue weighted by Gasteiger charge is 2.42. The molecule has 2 N–H and O–H groups in total. The predicted molar refractivity (Wildman–Crippen MR) is 65.6 cm³/mol. The Morgan fingerprint density at radius 3 is 2.88 bits per heavy atom. The average Bonchev–Trinajstić information content (AvgIpc) is 2.88. The van der Waals surface area contributed by atoms with Crippen LogP contribution in [0.5, 0.6) is 0 Å². The molecule has 0 radical (unpaired) electrons. The number of nitrogens with zero attached hydrogens (tertiary/aromatic N) is 4. The number of benzene rings is 1. The van der Waals surface area contributed by atoms with Crippen LogP contribution < -0.4 is 5.73 Å². The van der Waals surface area contributed by atoms with Crippen molar-refractivity contribution < 1.29 is 0 Å². The van der Waals surface area contributed by atoms with E-state index in [0.717, 1.165) is 18.4 Å². The number of aromatic nitrogens is 4. The second-order valence-electron chi connectivity index (χ2n) is 4.62. The van der Waals surface area contributed by atoms with Crippen molar-refractivity contribution in [3.63, 3.8) is 0 Å². The van der Waals surface area contributed by atoms with Crippen molar-refractivity contribution in [3.8, 4) is 11.4 Å². The first kappa shape index (κ1) is 10.5. The Hall–Kier alpha value is -1.62. The minimum absolute atomic E-state index is 0.0345. The molecule has 1 aromatic heterocycles. The van der Waals surface area contributed by atoms with Crippen molar-refractivity contribution in [1.29, 1.82) is 0 Å². The standard InChI is InChI=1S/C11H12ClN5/c1-11(5-6-11)17-10(14-15-16-17)7-3-2-4-8(13)9(7)12/h2-4H,5-6,13H2,1H3. The highest BCUT2D eigenvalue weighted by molar-refractivity contribution is 6.35. The molecule has 0 atom stereocenters. The minimum Gasteiger partial charge on any atom is -0.398 e. The Kier molecular flexibility index (Phi) is 2.13. The fourth-order valence-corrected chi connectivity index (χ4v) is 2.04. The van der Waals surface area contributed by atoms with Crippen LogP contribution in [0.25, 0.3) is 11.4 Å². The number of nitrogens with two attached hydrogens (primary N) is 1. The van der Waals surface area contributed by atoms with Crippen molar-refractivity contribution in [2.75, 3.05) is 5.73 Å². The van der Waals surface area contributed by atoms with Gasteiger partial charge in [-0.1, -0.05) is 17.7 Å². The second kappa shape index (κ2) is 3.43. The summed E-state index contributed by atoms with van der Waals surface area (Å²) in [6.07, 6.45) is 2.18. The van der Waals surface area contributed by atoms with Gasteiger partial charge < -0.3 is 5.73 Å². The Labute approximate surface area is 104 Å². The first-order valence-electron chi connectivity index (χ1n) is 5.45. The fraction of sp³-hybridized carbons (Fsp3) is 0.364. The van der Waals surface area contributed by atoms with Gasteiger partial charge in [-0.25, -0.2) is 4.68 Å². The van der Waals surface area contributed by atoms with Gasteiger partial charge in [0.25, 0.3) is 0 Å². The molecular formula is C11H12ClN5. The van der Waals surface area contributed by atoms with E-state index in [1.807, 2.05) is 16.8 Å². The molecule has 3 rings (SSSR count). The van der Waals surface area contributed by atoms with Gasteiger partial charge in [-0.15, -0.1) is 5.10 Å². The van der Waals surface area contributed by atoms with Gasteiger partial charge in [-0.2, -0.15) is 0 Å².